The number of esters is 2. The first-order chi connectivity index (χ1) is 16.6. The summed E-state index contributed by atoms with van der Waals surface area (Å²) in [5.41, 5.74) is 0.454. The van der Waals surface area contributed by atoms with Crippen LogP contribution in [-0.4, -0.2) is 30.6 Å². The van der Waals surface area contributed by atoms with Crippen LogP contribution in [-0.2, 0) is 16.1 Å². The Labute approximate surface area is 216 Å². The van der Waals surface area contributed by atoms with Gasteiger partial charge in [-0.3, -0.25) is 4.79 Å². The zero-order chi connectivity index (χ0) is 25.7. The molecular weight excluding hydrogens is 517 g/mol. The van der Waals surface area contributed by atoms with Gasteiger partial charge in [-0.05, 0) is 63.6 Å². The van der Waals surface area contributed by atoms with E-state index < -0.39 is 23.9 Å². The Bertz CT molecular complexity index is 1250. The van der Waals surface area contributed by atoms with Crippen molar-refractivity contribution in [2.75, 3.05) is 11.9 Å². The summed E-state index contributed by atoms with van der Waals surface area (Å²) < 4.78 is 21.6. The standard InChI is InChI=1S/C24H23Cl2NO7S/c1-5-31-24(30)20-13(4)19(23(29)33-12(2)3)22(35-20)27-21(28)18-9-7-15(34-18)11-32-17-8-6-14(25)10-16(17)26/h6-10,12H,5,11H2,1-4H3,(H,27,28). The molecule has 186 valence electrons. The largest absolute Gasteiger partial charge is 0.484 e. The van der Waals surface area contributed by atoms with E-state index in [0.717, 1.165) is 11.3 Å². The van der Waals surface area contributed by atoms with Crippen molar-refractivity contribution in [2.45, 2.75) is 40.4 Å². The molecule has 0 fully saturated rings. The van der Waals surface area contributed by atoms with Gasteiger partial charge in [-0.2, -0.15) is 0 Å². The second-order valence-corrected chi connectivity index (χ2v) is 9.38. The monoisotopic (exact) mass is 539 g/mol. The predicted octanol–water partition coefficient (Wildman–Crippen LogP) is 6.53. The Hall–Kier alpha value is -3.01. The number of ether oxygens (including phenoxy) is 3. The van der Waals surface area contributed by atoms with Gasteiger partial charge in [0, 0.05) is 5.02 Å². The van der Waals surface area contributed by atoms with E-state index in [0.29, 0.717) is 27.1 Å². The van der Waals surface area contributed by atoms with Gasteiger partial charge >= 0.3 is 11.9 Å². The maximum absolute atomic E-state index is 12.9. The molecule has 2 aromatic heterocycles. The van der Waals surface area contributed by atoms with Gasteiger partial charge in [-0.15, -0.1) is 11.3 Å². The predicted molar refractivity (Wildman–Crippen MR) is 133 cm³/mol. The molecule has 3 aromatic rings. The molecule has 0 bridgehead atoms. The normalized spacial score (nSPS) is 10.8. The zero-order valence-corrected chi connectivity index (χ0v) is 21.7. The van der Waals surface area contributed by atoms with Gasteiger partial charge in [0.2, 0.25) is 0 Å². The quantitative estimate of drug-likeness (QED) is 0.308. The van der Waals surface area contributed by atoms with Gasteiger partial charge in [0.05, 0.1) is 23.3 Å². The van der Waals surface area contributed by atoms with Gasteiger partial charge in [-0.25, -0.2) is 9.59 Å². The lowest BCUT2D eigenvalue weighted by Gasteiger charge is -2.10. The van der Waals surface area contributed by atoms with Crippen LogP contribution in [0.4, 0.5) is 5.00 Å². The molecule has 0 unspecified atom stereocenters. The van der Waals surface area contributed by atoms with Crippen molar-refractivity contribution in [3.05, 3.63) is 67.9 Å². The molecule has 0 spiro atoms. The van der Waals surface area contributed by atoms with Crippen LogP contribution in [0.5, 0.6) is 5.75 Å². The summed E-state index contributed by atoms with van der Waals surface area (Å²) in [5, 5.41) is 3.62. The van der Waals surface area contributed by atoms with Crippen molar-refractivity contribution in [2.24, 2.45) is 0 Å². The maximum Gasteiger partial charge on any atom is 0.348 e. The summed E-state index contributed by atoms with van der Waals surface area (Å²) in [4.78, 5) is 38.1. The molecule has 11 heteroatoms. The molecule has 0 aliphatic heterocycles. The number of nitrogens with one attached hydrogen (secondary N) is 1. The van der Waals surface area contributed by atoms with E-state index in [1.54, 1.807) is 52.0 Å². The van der Waals surface area contributed by atoms with Crippen molar-refractivity contribution in [3.8, 4) is 5.75 Å². The summed E-state index contributed by atoms with van der Waals surface area (Å²) in [6.07, 6.45) is -0.391. The highest BCUT2D eigenvalue weighted by atomic mass is 35.5. The molecule has 0 radical (unpaired) electrons. The van der Waals surface area contributed by atoms with Crippen molar-refractivity contribution in [1.82, 2.24) is 0 Å². The number of halogens is 2. The lowest BCUT2D eigenvalue weighted by Crippen LogP contribution is -2.16. The molecule has 0 saturated carbocycles. The molecule has 1 aromatic carbocycles. The summed E-state index contributed by atoms with van der Waals surface area (Å²) in [6.45, 7) is 6.87. The Balaban J connectivity index is 1.78. The number of furan rings is 1. The van der Waals surface area contributed by atoms with Crippen LogP contribution < -0.4 is 10.1 Å². The molecule has 35 heavy (non-hydrogen) atoms. The molecule has 3 rings (SSSR count). The zero-order valence-electron chi connectivity index (χ0n) is 19.4. The third kappa shape index (κ3) is 6.56. The van der Waals surface area contributed by atoms with Crippen LogP contribution in [0.2, 0.25) is 10.0 Å². The average Bonchev–Trinajstić information content (AvgIpc) is 3.37. The number of carbonyl (C=O) groups is 3. The van der Waals surface area contributed by atoms with E-state index >= 15 is 0 Å². The fraction of sp³-hybridized carbons (Fsp3) is 0.292. The van der Waals surface area contributed by atoms with Crippen LogP contribution in [0.25, 0.3) is 0 Å². The molecule has 0 aliphatic carbocycles. The highest BCUT2D eigenvalue weighted by molar-refractivity contribution is 7.18. The lowest BCUT2D eigenvalue weighted by atomic mass is 10.1. The molecular formula is C24H23Cl2NO7S. The molecule has 8 nitrogen and oxygen atoms in total. The van der Waals surface area contributed by atoms with Gasteiger partial charge in [-0.1, -0.05) is 23.2 Å². The van der Waals surface area contributed by atoms with Crippen molar-refractivity contribution in [3.63, 3.8) is 0 Å². The van der Waals surface area contributed by atoms with Crippen LogP contribution in [0.3, 0.4) is 0 Å². The first-order valence-corrected chi connectivity index (χ1v) is 12.2. The Morgan fingerprint density at radius 2 is 1.86 bits per heavy atom. The SMILES string of the molecule is CCOC(=O)c1sc(NC(=O)c2ccc(COc3ccc(Cl)cc3Cl)o2)c(C(=O)OC(C)C)c1C. The van der Waals surface area contributed by atoms with E-state index in [2.05, 4.69) is 5.32 Å². The fourth-order valence-electron chi connectivity index (χ4n) is 3.00. The lowest BCUT2D eigenvalue weighted by molar-refractivity contribution is 0.0379. The summed E-state index contributed by atoms with van der Waals surface area (Å²) in [5.74, 6) is -1.10. The second-order valence-electron chi connectivity index (χ2n) is 7.52. The van der Waals surface area contributed by atoms with Gasteiger partial charge < -0.3 is 23.9 Å². The molecule has 0 atom stereocenters. The minimum Gasteiger partial charge on any atom is -0.484 e. The highest BCUT2D eigenvalue weighted by Crippen LogP contribution is 2.35. The number of anilines is 1. The third-order valence-electron chi connectivity index (χ3n) is 4.53. The molecule has 1 amide bonds. The van der Waals surface area contributed by atoms with E-state index in [4.69, 9.17) is 41.8 Å². The number of carbonyl (C=O) groups excluding carboxylic acids is 3. The van der Waals surface area contributed by atoms with Gasteiger partial charge in [0.1, 0.15) is 28.0 Å². The van der Waals surface area contributed by atoms with Crippen LogP contribution in [0, 0.1) is 6.92 Å². The van der Waals surface area contributed by atoms with Crippen LogP contribution in [0.1, 0.15) is 62.7 Å². The Morgan fingerprint density at radius 3 is 2.51 bits per heavy atom. The van der Waals surface area contributed by atoms with E-state index in [1.807, 2.05) is 0 Å². The Morgan fingerprint density at radius 1 is 1.11 bits per heavy atom. The van der Waals surface area contributed by atoms with Gasteiger partial charge in [0.25, 0.3) is 5.91 Å². The van der Waals surface area contributed by atoms with E-state index in [-0.39, 0.29) is 34.4 Å². The fourth-order valence-corrected chi connectivity index (χ4v) is 4.54. The molecule has 0 aliphatic rings. The molecule has 1 N–H and O–H groups in total. The minimum atomic E-state index is -0.659. The Kier molecular flexibility index (Phi) is 8.82. The van der Waals surface area contributed by atoms with E-state index in [9.17, 15) is 14.4 Å². The van der Waals surface area contributed by atoms with Crippen LogP contribution >= 0.6 is 34.5 Å². The van der Waals surface area contributed by atoms with Crippen molar-refractivity contribution >= 4 is 57.4 Å². The first kappa shape index (κ1) is 26.6. The summed E-state index contributed by atoms with van der Waals surface area (Å²) >= 11 is 12.9. The minimum absolute atomic E-state index is 0.0160. The second kappa shape index (κ2) is 11.6. The molecule has 0 saturated heterocycles. The smallest absolute Gasteiger partial charge is 0.348 e. The molecule has 2 heterocycles. The highest BCUT2D eigenvalue weighted by Gasteiger charge is 2.28. The number of rotatable bonds is 9. The number of thiophene rings is 1. The third-order valence-corrected chi connectivity index (χ3v) is 6.25. The van der Waals surface area contributed by atoms with Gasteiger partial charge in [0.15, 0.2) is 5.76 Å². The van der Waals surface area contributed by atoms with E-state index in [1.165, 1.54) is 6.07 Å². The van der Waals surface area contributed by atoms with Crippen molar-refractivity contribution in [1.29, 1.82) is 0 Å². The number of hydrogen-bond donors (Lipinski definition) is 1. The summed E-state index contributed by atoms with van der Waals surface area (Å²) in [6, 6.07) is 7.86. The number of hydrogen-bond acceptors (Lipinski definition) is 8. The topological polar surface area (TPSA) is 104 Å². The number of amides is 1. The first-order valence-electron chi connectivity index (χ1n) is 10.6. The van der Waals surface area contributed by atoms with Crippen LogP contribution in [0.15, 0.2) is 34.7 Å². The average molecular weight is 540 g/mol. The summed E-state index contributed by atoms with van der Waals surface area (Å²) in [7, 11) is 0. The maximum atomic E-state index is 12.9. The number of benzene rings is 1. The van der Waals surface area contributed by atoms with Crippen molar-refractivity contribution < 1.29 is 33.0 Å².